The fourth-order valence-corrected chi connectivity index (χ4v) is 4.92. The van der Waals surface area contributed by atoms with Crippen molar-refractivity contribution in [1.29, 1.82) is 0 Å². The van der Waals surface area contributed by atoms with E-state index >= 15 is 0 Å². The van der Waals surface area contributed by atoms with E-state index in [0.29, 0.717) is 18.4 Å². The summed E-state index contributed by atoms with van der Waals surface area (Å²) in [5.74, 6) is 1.36. The minimum absolute atomic E-state index is 0.123. The van der Waals surface area contributed by atoms with Gasteiger partial charge in [0.1, 0.15) is 5.82 Å². The number of hydrogen-bond donors (Lipinski definition) is 0. The van der Waals surface area contributed by atoms with Gasteiger partial charge in [-0.05, 0) is 31.9 Å². The van der Waals surface area contributed by atoms with Gasteiger partial charge in [0.15, 0.2) is 0 Å². The first-order chi connectivity index (χ1) is 14.6. The van der Waals surface area contributed by atoms with Crippen molar-refractivity contribution in [3.63, 3.8) is 0 Å². The number of amides is 1. The Labute approximate surface area is 180 Å². The molecule has 1 aromatic carbocycles. The van der Waals surface area contributed by atoms with Gasteiger partial charge in [-0.2, -0.15) is 0 Å². The van der Waals surface area contributed by atoms with Gasteiger partial charge in [-0.1, -0.05) is 36.8 Å². The molecule has 0 radical (unpaired) electrons. The lowest BCUT2D eigenvalue weighted by molar-refractivity contribution is -0.133. The van der Waals surface area contributed by atoms with Crippen LogP contribution in [0.25, 0.3) is 0 Å². The molecule has 0 N–H and O–H groups in total. The number of rotatable bonds is 6. The Kier molecular flexibility index (Phi) is 6.85. The molecule has 2 fully saturated rings. The molecule has 30 heavy (non-hydrogen) atoms. The molecule has 6 heteroatoms. The molecule has 2 saturated heterocycles. The van der Waals surface area contributed by atoms with Gasteiger partial charge in [0.05, 0.1) is 6.04 Å². The number of likely N-dealkylation sites (tertiary alicyclic amines) is 1. The maximum absolute atomic E-state index is 12.8. The van der Waals surface area contributed by atoms with Crippen LogP contribution in [-0.2, 0) is 11.8 Å². The van der Waals surface area contributed by atoms with Crippen molar-refractivity contribution in [3.05, 3.63) is 54.1 Å². The Hall–Kier alpha value is -2.18. The molecule has 1 aromatic heterocycles. The van der Waals surface area contributed by atoms with Crippen molar-refractivity contribution >= 4 is 5.91 Å². The number of imidazole rings is 1. The highest BCUT2D eigenvalue weighted by atomic mass is 16.2. The SMILES string of the molecule is C[C@H]1CCCCN1CCC(=O)N1CCN([C@@H](c2ccccc2)c2nccn2C)CC1. The predicted molar refractivity (Wildman–Crippen MR) is 119 cm³/mol. The molecule has 2 aliphatic rings. The first-order valence-electron chi connectivity index (χ1n) is 11.4. The number of carbonyl (C=O) groups is 1. The summed E-state index contributed by atoms with van der Waals surface area (Å²) in [4.78, 5) is 24.5. The van der Waals surface area contributed by atoms with Crippen molar-refractivity contribution < 1.29 is 4.79 Å². The Morgan fingerprint density at radius 1 is 1.10 bits per heavy atom. The molecule has 0 unspecified atom stereocenters. The predicted octanol–water partition coefficient (Wildman–Crippen LogP) is 2.92. The molecule has 2 atom stereocenters. The molecule has 0 spiro atoms. The highest BCUT2D eigenvalue weighted by Gasteiger charge is 2.30. The zero-order valence-corrected chi connectivity index (χ0v) is 18.4. The number of nitrogens with zero attached hydrogens (tertiary/aromatic N) is 5. The van der Waals surface area contributed by atoms with E-state index in [2.05, 4.69) is 68.6 Å². The summed E-state index contributed by atoms with van der Waals surface area (Å²) in [7, 11) is 2.06. The van der Waals surface area contributed by atoms with Crippen molar-refractivity contribution in [2.24, 2.45) is 7.05 Å². The summed E-state index contributed by atoms with van der Waals surface area (Å²) in [6.07, 6.45) is 8.38. The van der Waals surface area contributed by atoms with Gasteiger partial charge >= 0.3 is 0 Å². The third-order valence-corrected chi connectivity index (χ3v) is 6.80. The van der Waals surface area contributed by atoms with Gasteiger partial charge in [0.2, 0.25) is 5.91 Å². The van der Waals surface area contributed by atoms with Crippen LogP contribution in [0, 0.1) is 0 Å². The zero-order valence-electron chi connectivity index (χ0n) is 18.4. The number of hydrogen-bond acceptors (Lipinski definition) is 4. The number of aromatic nitrogens is 2. The van der Waals surface area contributed by atoms with Crippen LogP contribution in [0.5, 0.6) is 0 Å². The average Bonchev–Trinajstić information content (AvgIpc) is 3.20. The lowest BCUT2D eigenvalue weighted by Crippen LogP contribution is -2.50. The topological polar surface area (TPSA) is 44.6 Å². The van der Waals surface area contributed by atoms with Gasteiger partial charge < -0.3 is 14.4 Å². The fraction of sp³-hybridized carbons (Fsp3) is 0.583. The number of piperazine rings is 1. The Balaban J connectivity index is 1.36. The van der Waals surface area contributed by atoms with Crippen LogP contribution < -0.4 is 0 Å². The maximum atomic E-state index is 12.8. The Morgan fingerprint density at radius 2 is 1.87 bits per heavy atom. The smallest absolute Gasteiger partial charge is 0.223 e. The summed E-state index contributed by atoms with van der Waals surface area (Å²) >= 11 is 0. The molecule has 3 heterocycles. The molecule has 162 valence electrons. The summed E-state index contributed by atoms with van der Waals surface area (Å²) < 4.78 is 2.11. The molecule has 2 aliphatic heterocycles. The van der Waals surface area contributed by atoms with E-state index in [1.807, 2.05) is 12.4 Å². The fourth-order valence-electron chi connectivity index (χ4n) is 4.92. The van der Waals surface area contributed by atoms with E-state index in [1.54, 1.807) is 0 Å². The Bertz CT molecular complexity index is 812. The molecule has 0 bridgehead atoms. The molecule has 0 saturated carbocycles. The molecule has 4 rings (SSSR count). The van der Waals surface area contributed by atoms with Crippen LogP contribution >= 0.6 is 0 Å². The third-order valence-electron chi connectivity index (χ3n) is 6.80. The first kappa shape index (κ1) is 21.1. The molecule has 0 aliphatic carbocycles. The minimum Gasteiger partial charge on any atom is -0.340 e. The monoisotopic (exact) mass is 409 g/mol. The van der Waals surface area contributed by atoms with E-state index in [1.165, 1.54) is 24.8 Å². The van der Waals surface area contributed by atoms with E-state index in [9.17, 15) is 4.79 Å². The lowest BCUT2D eigenvalue weighted by atomic mass is 10.0. The third kappa shape index (κ3) is 4.76. The second-order valence-electron chi connectivity index (χ2n) is 8.76. The summed E-state index contributed by atoms with van der Waals surface area (Å²) in [5.41, 5.74) is 1.26. The molecule has 1 amide bonds. The number of benzene rings is 1. The number of piperidine rings is 1. The van der Waals surface area contributed by atoms with Crippen molar-refractivity contribution in [2.45, 2.75) is 44.7 Å². The van der Waals surface area contributed by atoms with E-state index in [4.69, 9.17) is 0 Å². The summed E-state index contributed by atoms with van der Waals surface area (Å²) in [5, 5.41) is 0. The van der Waals surface area contributed by atoms with E-state index in [-0.39, 0.29) is 6.04 Å². The van der Waals surface area contributed by atoms with Crippen LogP contribution in [0.15, 0.2) is 42.7 Å². The minimum atomic E-state index is 0.123. The second-order valence-corrected chi connectivity index (χ2v) is 8.76. The lowest BCUT2D eigenvalue weighted by Gasteiger charge is -2.39. The molecule has 6 nitrogen and oxygen atoms in total. The maximum Gasteiger partial charge on any atom is 0.223 e. The van der Waals surface area contributed by atoms with Gasteiger partial charge in [0, 0.05) is 64.6 Å². The first-order valence-corrected chi connectivity index (χ1v) is 11.4. The van der Waals surface area contributed by atoms with Crippen LogP contribution in [0.3, 0.4) is 0 Å². The molecule has 2 aromatic rings. The number of aryl methyl sites for hydroxylation is 1. The summed E-state index contributed by atoms with van der Waals surface area (Å²) in [6, 6.07) is 11.3. The van der Waals surface area contributed by atoms with Gasteiger partial charge in [-0.25, -0.2) is 4.98 Å². The van der Waals surface area contributed by atoms with E-state index < -0.39 is 0 Å². The normalized spacial score (nSPS) is 22.2. The standard InChI is InChI=1S/C24H35N5O/c1-20-8-6-7-13-27(20)14-11-22(30)28-16-18-29(19-17-28)23(21-9-4-3-5-10-21)24-25-12-15-26(24)2/h3-5,9-10,12,15,20,23H,6-8,11,13-14,16-19H2,1-2H3/t20-,23-/m0/s1. The Morgan fingerprint density at radius 3 is 2.53 bits per heavy atom. The van der Waals surface area contributed by atoms with Crippen LogP contribution in [0.1, 0.15) is 50.0 Å². The highest BCUT2D eigenvalue weighted by Crippen LogP contribution is 2.28. The quantitative estimate of drug-likeness (QED) is 0.736. The molecular weight excluding hydrogens is 374 g/mol. The van der Waals surface area contributed by atoms with E-state index in [0.717, 1.165) is 45.1 Å². The summed E-state index contributed by atoms with van der Waals surface area (Å²) in [6.45, 7) is 7.68. The second kappa shape index (κ2) is 9.75. The zero-order chi connectivity index (χ0) is 20.9. The van der Waals surface area contributed by atoms with Crippen molar-refractivity contribution in [3.8, 4) is 0 Å². The van der Waals surface area contributed by atoms with Gasteiger partial charge in [0.25, 0.3) is 0 Å². The number of carbonyl (C=O) groups excluding carboxylic acids is 1. The highest BCUT2D eigenvalue weighted by molar-refractivity contribution is 5.76. The van der Waals surface area contributed by atoms with Gasteiger partial charge in [-0.3, -0.25) is 9.69 Å². The average molecular weight is 410 g/mol. The van der Waals surface area contributed by atoms with Crippen LogP contribution in [-0.4, -0.2) is 75.5 Å². The van der Waals surface area contributed by atoms with Crippen LogP contribution in [0.2, 0.25) is 0 Å². The van der Waals surface area contributed by atoms with Crippen LogP contribution in [0.4, 0.5) is 0 Å². The van der Waals surface area contributed by atoms with Gasteiger partial charge in [-0.15, -0.1) is 0 Å². The van der Waals surface area contributed by atoms with Crippen molar-refractivity contribution in [1.82, 2.24) is 24.3 Å². The largest absolute Gasteiger partial charge is 0.340 e. The molecular formula is C24H35N5O. The van der Waals surface area contributed by atoms with Crippen molar-refractivity contribution in [2.75, 3.05) is 39.3 Å².